The van der Waals surface area contributed by atoms with Gasteiger partial charge in [0.25, 0.3) is 5.91 Å². The van der Waals surface area contributed by atoms with E-state index in [1.165, 1.54) is 18.3 Å². The fourth-order valence-corrected chi connectivity index (χ4v) is 4.13. The lowest BCUT2D eigenvalue weighted by atomic mass is 10.1. The summed E-state index contributed by atoms with van der Waals surface area (Å²) < 4.78 is 13.1. The van der Waals surface area contributed by atoms with Gasteiger partial charge in [-0.2, -0.15) is 0 Å². The number of para-hydroxylation sites is 2. The zero-order chi connectivity index (χ0) is 20.7. The van der Waals surface area contributed by atoms with Crippen molar-refractivity contribution in [3.63, 3.8) is 0 Å². The molecule has 6 nitrogen and oxygen atoms in total. The van der Waals surface area contributed by atoms with Gasteiger partial charge in [-0.1, -0.05) is 24.3 Å². The average Bonchev–Trinajstić information content (AvgIpc) is 3.59. The number of piperazine rings is 1. The van der Waals surface area contributed by atoms with Gasteiger partial charge in [-0.3, -0.25) is 14.6 Å². The summed E-state index contributed by atoms with van der Waals surface area (Å²) in [5, 5.41) is 0. The monoisotopic (exact) mass is 404 g/mol. The van der Waals surface area contributed by atoms with Crippen LogP contribution < -0.4 is 0 Å². The van der Waals surface area contributed by atoms with E-state index in [0.29, 0.717) is 37.4 Å². The summed E-state index contributed by atoms with van der Waals surface area (Å²) in [6.45, 7) is 1.98. The van der Waals surface area contributed by atoms with Gasteiger partial charge in [0.05, 0.1) is 17.2 Å². The van der Waals surface area contributed by atoms with Gasteiger partial charge in [-0.25, -0.2) is 9.37 Å². The first-order chi connectivity index (χ1) is 14.6. The van der Waals surface area contributed by atoms with Gasteiger partial charge >= 0.3 is 0 Å². The van der Waals surface area contributed by atoms with Crippen LogP contribution >= 0.6 is 0 Å². The van der Waals surface area contributed by atoms with E-state index in [4.69, 9.17) is 0 Å². The molecule has 1 aromatic heterocycles. The number of rotatable bonds is 3. The number of halogens is 1. The van der Waals surface area contributed by atoms with Crippen LogP contribution in [0.1, 0.15) is 28.4 Å². The second-order valence-corrected chi connectivity index (χ2v) is 7.86. The summed E-state index contributed by atoms with van der Waals surface area (Å²) in [5.41, 5.74) is 2.79. The zero-order valence-electron chi connectivity index (χ0n) is 16.4. The molecule has 5 rings (SSSR count). The van der Waals surface area contributed by atoms with Gasteiger partial charge in [-0.05, 0) is 42.2 Å². The van der Waals surface area contributed by atoms with Crippen LogP contribution in [-0.4, -0.2) is 57.8 Å². The van der Waals surface area contributed by atoms with Gasteiger partial charge in [0, 0.05) is 32.1 Å². The van der Waals surface area contributed by atoms with Gasteiger partial charge in [0.1, 0.15) is 11.5 Å². The summed E-state index contributed by atoms with van der Waals surface area (Å²) >= 11 is 0. The molecule has 2 atom stereocenters. The van der Waals surface area contributed by atoms with E-state index in [1.807, 2.05) is 29.2 Å². The van der Waals surface area contributed by atoms with Crippen LogP contribution in [0, 0.1) is 11.7 Å². The third kappa shape index (κ3) is 3.51. The largest absolute Gasteiger partial charge is 0.339 e. The normalized spacial score (nSPS) is 21.0. The van der Waals surface area contributed by atoms with E-state index in [2.05, 4.69) is 9.97 Å². The molecule has 1 aliphatic heterocycles. The summed E-state index contributed by atoms with van der Waals surface area (Å²) in [6.07, 6.45) is 2.32. The van der Waals surface area contributed by atoms with Crippen molar-refractivity contribution < 1.29 is 14.0 Å². The minimum absolute atomic E-state index is 0.0379. The van der Waals surface area contributed by atoms with E-state index in [1.54, 1.807) is 17.0 Å². The molecule has 0 spiro atoms. The number of nitrogens with zero attached hydrogens (tertiary/aromatic N) is 4. The highest BCUT2D eigenvalue weighted by Crippen LogP contribution is 2.48. The maximum atomic E-state index is 13.1. The van der Waals surface area contributed by atoms with Crippen molar-refractivity contribution in [1.82, 2.24) is 19.8 Å². The molecule has 2 heterocycles. The molecule has 1 aliphatic carbocycles. The standard InChI is InChI=1S/C23H21FN4O2/c24-16-7-5-15(6-8-16)17-13-18(17)22(29)27-9-11-28(12-10-27)23(30)21-14-25-19-3-1-2-4-20(19)26-21/h1-8,14,17-18H,9-13H2. The van der Waals surface area contributed by atoms with Gasteiger partial charge in [0.15, 0.2) is 0 Å². The number of fused-ring (bicyclic) bond motifs is 1. The molecule has 0 radical (unpaired) electrons. The highest BCUT2D eigenvalue weighted by Gasteiger charge is 2.46. The Bertz CT molecular complexity index is 1110. The molecule has 30 heavy (non-hydrogen) atoms. The molecular weight excluding hydrogens is 383 g/mol. The molecule has 3 aromatic rings. The highest BCUT2D eigenvalue weighted by atomic mass is 19.1. The van der Waals surface area contributed by atoms with Crippen molar-refractivity contribution >= 4 is 22.8 Å². The van der Waals surface area contributed by atoms with Crippen molar-refractivity contribution in [3.8, 4) is 0 Å². The summed E-state index contributed by atoms with van der Waals surface area (Å²) in [4.78, 5) is 38.0. The topological polar surface area (TPSA) is 66.4 Å². The number of aromatic nitrogens is 2. The second-order valence-electron chi connectivity index (χ2n) is 7.86. The molecule has 0 N–H and O–H groups in total. The summed E-state index contributed by atoms with van der Waals surface area (Å²) in [6, 6.07) is 13.8. The molecule has 2 aromatic carbocycles. The van der Waals surface area contributed by atoms with Crippen LogP contribution in [0.4, 0.5) is 4.39 Å². The number of hydrogen-bond donors (Lipinski definition) is 0. The Morgan fingerprint density at radius 2 is 1.57 bits per heavy atom. The van der Waals surface area contributed by atoms with Gasteiger partial charge in [0.2, 0.25) is 5.91 Å². The van der Waals surface area contributed by atoms with Crippen molar-refractivity contribution in [2.24, 2.45) is 5.92 Å². The summed E-state index contributed by atoms with van der Waals surface area (Å²) in [7, 11) is 0. The van der Waals surface area contributed by atoms with Crippen molar-refractivity contribution in [2.75, 3.05) is 26.2 Å². The fourth-order valence-electron chi connectivity index (χ4n) is 4.13. The first kappa shape index (κ1) is 18.7. The summed E-state index contributed by atoms with van der Waals surface area (Å²) in [5.74, 6) is -0.160. The predicted octanol–water partition coefficient (Wildman–Crippen LogP) is 2.86. The Kier molecular flexibility index (Phi) is 4.65. The molecule has 2 fully saturated rings. The smallest absolute Gasteiger partial charge is 0.274 e. The van der Waals surface area contributed by atoms with Crippen LogP contribution in [0.3, 0.4) is 0 Å². The highest BCUT2D eigenvalue weighted by molar-refractivity contribution is 5.94. The average molecular weight is 404 g/mol. The van der Waals surface area contributed by atoms with E-state index in [9.17, 15) is 14.0 Å². The molecule has 2 aliphatic rings. The van der Waals surface area contributed by atoms with Gasteiger partial charge < -0.3 is 9.80 Å². The lowest BCUT2D eigenvalue weighted by molar-refractivity contribution is -0.134. The minimum atomic E-state index is -0.265. The maximum absolute atomic E-state index is 13.1. The third-order valence-electron chi connectivity index (χ3n) is 5.95. The molecule has 7 heteroatoms. The number of carbonyl (C=O) groups excluding carboxylic acids is 2. The number of carbonyl (C=O) groups is 2. The van der Waals surface area contributed by atoms with Gasteiger partial charge in [-0.15, -0.1) is 0 Å². The van der Waals surface area contributed by atoms with Crippen LogP contribution in [0.2, 0.25) is 0 Å². The molecule has 152 valence electrons. The van der Waals surface area contributed by atoms with Crippen molar-refractivity contribution in [1.29, 1.82) is 0 Å². The minimum Gasteiger partial charge on any atom is -0.339 e. The molecular formula is C23H21FN4O2. The maximum Gasteiger partial charge on any atom is 0.274 e. The molecule has 1 saturated heterocycles. The van der Waals surface area contributed by atoms with Crippen LogP contribution in [0.5, 0.6) is 0 Å². The molecule has 0 bridgehead atoms. The number of hydrogen-bond acceptors (Lipinski definition) is 4. The lowest BCUT2D eigenvalue weighted by Crippen LogP contribution is -2.51. The Hall–Kier alpha value is -3.35. The van der Waals surface area contributed by atoms with E-state index in [-0.39, 0.29) is 29.5 Å². The fraction of sp³-hybridized carbons (Fsp3) is 0.304. The Morgan fingerprint density at radius 3 is 2.30 bits per heavy atom. The van der Waals surface area contributed by atoms with Crippen LogP contribution in [0.25, 0.3) is 11.0 Å². The SMILES string of the molecule is O=C(c1cnc2ccccc2n1)N1CCN(C(=O)C2CC2c2ccc(F)cc2)CC1. The molecule has 2 unspecified atom stereocenters. The first-order valence-corrected chi connectivity index (χ1v) is 10.2. The zero-order valence-corrected chi connectivity index (χ0v) is 16.4. The van der Waals surface area contributed by atoms with E-state index >= 15 is 0 Å². The molecule has 2 amide bonds. The first-order valence-electron chi connectivity index (χ1n) is 10.2. The predicted molar refractivity (Wildman–Crippen MR) is 109 cm³/mol. The number of amides is 2. The van der Waals surface area contributed by atoms with Crippen LogP contribution in [-0.2, 0) is 4.79 Å². The Labute approximate surface area is 173 Å². The Balaban J connectivity index is 1.19. The van der Waals surface area contributed by atoms with Crippen molar-refractivity contribution in [2.45, 2.75) is 12.3 Å². The van der Waals surface area contributed by atoms with Crippen molar-refractivity contribution in [3.05, 3.63) is 71.8 Å². The third-order valence-corrected chi connectivity index (χ3v) is 5.95. The van der Waals surface area contributed by atoms with Crippen LogP contribution in [0.15, 0.2) is 54.7 Å². The second kappa shape index (κ2) is 7.48. The quantitative estimate of drug-likeness (QED) is 0.673. The lowest BCUT2D eigenvalue weighted by Gasteiger charge is -2.34. The van der Waals surface area contributed by atoms with E-state index in [0.717, 1.165) is 17.5 Å². The van der Waals surface area contributed by atoms with E-state index < -0.39 is 0 Å². The Morgan fingerprint density at radius 1 is 0.900 bits per heavy atom. The number of benzene rings is 2. The molecule has 1 saturated carbocycles.